The van der Waals surface area contributed by atoms with Crippen LogP contribution in [0.2, 0.25) is 0 Å². The summed E-state index contributed by atoms with van der Waals surface area (Å²) < 4.78 is 40.9. The molecule has 1 aromatic heterocycles. The second-order valence-electron chi connectivity index (χ2n) is 6.71. The summed E-state index contributed by atoms with van der Waals surface area (Å²) >= 11 is 0. The summed E-state index contributed by atoms with van der Waals surface area (Å²) in [5.74, 6) is 0.0994. The number of rotatable bonds is 3. The monoisotopic (exact) mass is 402 g/mol. The zero-order valence-corrected chi connectivity index (χ0v) is 15.2. The summed E-state index contributed by atoms with van der Waals surface area (Å²) in [6.07, 6.45) is 0.447. The Kier molecular flexibility index (Phi) is 5.10. The first kappa shape index (κ1) is 19.2. The van der Waals surface area contributed by atoms with Crippen LogP contribution in [0.25, 0.3) is 22.5 Å². The van der Waals surface area contributed by atoms with E-state index in [4.69, 9.17) is 0 Å². The highest BCUT2D eigenvalue weighted by Gasteiger charge is 2.36. The SMILES string of the molecule is O=c1nccccc2c(-c3nc(N[C@H]4CCCNC4)ncc3C(F)(F)F)cnc1-2. The molecule has 7 nitrogen and oxygen atoms in total. The van der Waals surface area contributed by atoms with E-state index in [-0.39, 0.29) is 34.5 Å². The number of halogens is 3. The Morgan fingerprint density at radius 3 is 2.69 bits per heavy atom. The Morgan fingerprint density at radius 2 is 1.93 bits per heavy atom. The van der Waals surface area contributed by atoms with E-state index < -0.39 is 17.3 Å². The molecular weight excluding hydrogens is 385 g/mol. The Labute approximate surface area is 163 Å². The van der Waals surface area contributed by atoms with Crippen LogP contribution in [0.3, 0.4) is 0 Å². The maximum Gasteiger partial charge on any atom is 0.419 e. The fraction of sp³-hybridized carbons (Fsp3) is 0.316. The maximum absolute atomic E-state index is 13.6. The highest BCUT2D eigenvalue weighted by Crippen LogP contribution is 2.39. The molecule has 0 radical (unpaired) electrons. The third kappa shape index (κ3) is 4.02. The minimum absolute atomic E-state index is 0.0154. The first-order valence-electron chi connectivity index (χ1n) is 9.09. The van der Waals surface area contributed by atoms with Gasteiger partial charge in [0.15, 0.2) is 0 Å². The third-order valence-electron chi connectivity index (χ3n) is 4.70. The van der Waals surface area contributed by atoms with Gasteiger partial charge in [0, 0.05) is 42.3 Å². The summed E-state index contributed by atoms with van der Waals surface area (Å²) in [5, 5.41) is 6.31. The molecule has 3 aliphatic heterocycles. The van der Waals surface area contributed by atoms with Crippen molar-refractivity contribution in [1.82, 2.24) is 25.3 Å². The van der Waals surface area contributed by atoms with Gasteiger partial charge in [-0.2, -0.15) is 13.2 Å². The summed E-state index contributed by atoms with van der Waals surface area (Å²) in [6, 6.07) is 4.66. The maximum atomic E-state index is 13.6. The molecular formula is C19H17F3N6O. The van der Waals surface area contributed by atoms with E-state index in [2.05, 4.69) is 30.6 Å². The summed E-state index contributed by atoms with van der Waals surface area (Å²) in [4.78, 5) is 27.8. The van der Waals surface area contributed by atoms with Gasteiger partial charge in [0.1, 0.15) is 11.3 Å². The summed E-state index contributed by atoms with van der Waals surface area (Å²) in [7, 11) is 0. The predicted molar refractivity (Wildman–Crippen MR) is 100 cm³/mol. The van der Waals surface area contributed by atoms with Crippen molar-refractivity contribution in [3.05, 3.63) is 52.7 Å². The Morgan fingerprint density at radius 1 is 1.07 bits per heavy atom. The average molecular weight is 402 g/mol. The number of alkyl halides is 3. The number of hydrogen-bond acceptors (Lipinski definition) is 7. The fourth-order valence-corrected chi connectivity index (χ4v) is 3.32. The van der Waals surface area contributed by atoms with Gasteiger partial charge in [-0.1, -0.05) is 12.1 Å². The number of fused-ring (bicyclic) bond motifs is 1. The van der Waals surface area contributed by atoms with Crippen LogP contribution in [-0.2, 0) is 6.18 Å². The van der Waals surface area contributed by atoms with Crippen LogP contribution in [0.4, 0.5) is 19.1 Å². The summed E-state index contributed by atoms with van der Waals surface area (Å²) in [5.41, 5.74) is -1.60. The van der Waals surface area contributed by atoms with Crippen LogP contribution in [0.5, 0.6) is 0 Å². The highest BCUT2D eigenvalue weighted by atomic mass is 19.4. The van der Waals surface area contributed by atoms with Crippen LogP contribution in [0.1, 0.15) is 18.4 Å². The van der Waals surface area contributed by atoms with Crippen LogP contribution < -0.4 is 16.2 Å². The van der Waals surface area contributed by atoms with E-state index in [1.165, 1.54) is 24.5 Å². The van der Waals surface area contributed by atoms with Crippen molar-refractivity contribution in [2.45, 2.75) is 25.1 Å². The van der Waals surface area contributed by atoms with Gasteiger partial charge in [0.2, 0.25) is 5.95 Å². The molecule has 3 aliphatic rings. The molecule has 0 saturated carbocycles. The van der Waals surface area contributed by atoms with E-state index in [0.29, 0.717) is 6.54 Å². The molecule has 0 amide bonds. The number of hydrogen-bond donors (Lipinski definition) is 2. The number of aromatic nitrogens is 4. The van der Waals surface area contributed by atoms with Crippen molar-refractivity contribution < 1.29 is 13.2 Å². The van der Waals surface area contributed by atoms with Crippen molar-refractivity contribution in [1.29, 1.82) is 0 Å². The van der Waals surface area contributed by atoms with E-state index in [1.807, 2.05) is 0 Å². The normalized spacial score (nSPS) is 17.3. The number of piperidine rings is 1. The molecule has 1 fully saturated rings. The van der Waals surface area contributed by atoms with Crippen LogP contribution in [0, 0.1) is 0 Å². The zero-order valence-electron chi connectivity index (χ0n) is 15.2. The Balaban J connectivity index is 1.83. The molecule has 10 heteroatoms. The van der Waals surface area contributed by atoms with E-state index >= 15 is 0 Å². The quantitative estimate of drug-likeness (QED) is 0.696. The second kappa shape index (κ2) is 7.70. The van der Waals surface area contributed by atoms with Gasteiger partial charge in [-0.05, 0) is 25.5 Å². The van der Waals surface area contributed by atoms with Gasteiger partial charge in [0.05, 0.1) is 5.69 Å². The third-order valence-corrected chi connectivity index (χ3v) is 4.70. The second-order valence-corrected chi connectivity index (χ2v) is 6.71. The Hall–Kier alpha value is -3.14. The van der Waals surface area contributed by atoms with Crippen molar-refractivity contribution in [3.8, 4) is 22.5 Å². The first-order valence-corrected chi connectivity index (χ1v) is 9.09. The lowest BCUT2D eigenvalue weighted by Gasteiger charge is -2.24. The molecule has 29 heavy (non-hydrogen) atoms. The van der Waals surface area contributed by atoms with Gasteiger partial charge in [-0.25, -0.2) is 19.9 Å². The number of nitrogens with one attached hydrogen (secondary N) is 2. The lowest BCUT2D eigenvalue weighted by molar-refractivity contribution is -0.137. The highest BCUT2D eigenvalue weighted by molar-refractivity contribution is 5.82. The molecule has 0 bridgehead atoms. The van der Waals surface area contributed by atoms with Crippen LogP contribution >= 0.6 is 0 Å². The molecule has 1 aromatic rings. The molecule has 1 atom stereocenters. The average Bonchev–Trinajstić information content (AvgIpc) is 3.09. The lowest BCUT2D eigenvalue weighted by atomic mass is 10.0. The number of anilines is 1. The molecule has 0 aliphatic carbocycles. The molecule has 0 spiro atoms. The predicted octanol–water partition coefficient (Wildman–Crippen LogP) is 2.58. The molecule has 4 heterocycles. The molecule has 0 aromatic carbocycles. The standard InChI is InChI=1S/C19H17F3N6O/c20-19(21,22)14-10-26-18(27-11-4-3-6-23-8-11)28-15(14)13-9-25-16-12(13)5-1-2-7-24-17(16)29/h1-2,5,7,9-11,23H,3-4,6,8H2,(H,26,27,28)/t11-/m0/s1. The number of nitrogens with zero attached hydrogens (tertiary/aromatic N) is 4. The minimum atomic E-state index is -4.66. The molecule has 2 N–H and O–H groups in total. The molecule has 1 saturated heterocycles. The van der Waals surface area contributed by atoms with Crippen molar-refractivity contribution in [2.75, 3.05) is 18.4 Å². The van der Waals surface area contributed by atoms with Gasteiger partial charge in [0.25, 0.3) is 5.56 Å². The summed E-state index contributed by atoms with van der Waals surface area (Å²) in [6.45, 7) is 1.58. The molecule has 150 valence electrons. The van der Waals surface area contributed by atoms with Gasteiger partial charge in [-0.3, -0.25) is 4.79 Å². The smallest absolute Gasteiger partial charge is 0.350 e. The van der Waals surface area contributed by atoms with E-state index in [0.717, 1.165) is 25.6 Å². The van der Waals surface area contributed by atoms with E-state index in [1.54, 1.807) is 6.07 Å². The van der Waals surface area contributed by atoms with Crippen molar-refractivity contribution in [3.63, 3.8) is 0 Å². The van der Waals surface area contributed by atoms with E-state index in [9.17, 15) is 18.0 Å². The molecule has 0 unspecified atom stereocenters. The van der Waals surface area contributed by atoms with Crippen LogP contribution in [0.15, 0.2) is 41.6 Å². The van der Waals surface area contributed by atoms with Crippen LogP contribution in [-0.4, -0.2) is 39.1 Å². The fourth-order valence-electron chi connectivity index (χ4n) is 3.32. The van der Waals surface area contributed by atoms with Gasteiger partial charge < -0.3 is 10.6 Å². The topological polar surface area (TPSA) is 92.7 Å². The minimum Gasteiger partial charge on any atom is -0.350 e. The Bertz CT molecular complexity index is 1050. The molecule has 4 rings (SSSR count). The van der Waals surface area contributed by atoms with Crippen molar-refractivity contribution in [2.24, 2.45) is 0 Å². The van der Waals surface area contributed by atoms with Gasteiger partial charge >= 0.3 is 6.18 Å². The van der Waals surface area contributed by atoms with Crippen molar-refractivity contribution >= 4 is 5.95 Å². The zero-order chi connectivity index (χ0) is 20.4. The van der Waals surface area contributed by atoms with Gasteiger partial charge in [-0.15, -0.1) is 0 Å². The first-order chi connectivity index (χ1) is 13.9. The lowest BCUT2D eigenvalue weighted by Crippen LogP contribution is -2.38. The largest absolute Gasteiger partial charge is 0.419 e.